The molecule has 7 nitrogen and oxygen atoms in total. The first-order chi connectivity index (χ1) is 16.9. The second-order valence-electron chi connectivity index (χ2n) is 9.04. The molecule has 0 aliphatic carbocycles. The topological polar surface area (TPSA) is 81.4 Å². The fraction of sp³-hybridized carbons (Fsp3) is 0.440. The number of benzene rings is 1. The van der Waals surface area contributed by atoms with Crippen molar-refractivity contribution in [2.24, 2.45) is 0 Å². The summed E-state index contributed by atoms with van der Waals surface area (Å²) in [6.45, 7) is 9.12. The summed E-state index contributed by atoms with van der Waals surface area (Å²) < 4.78 is 8.23. The van der Waals surface area contributed by atoms with Crippen molar-refractivity contribution >= 4 is 62.3 Å². The minimum absolute atomic E-state index is 0.0714. The van der Waals surface area contributed by atoms with Crippen LogP contribution in [0.25, 0.3) is 15.9 Å². The molecular weight excluding hydrogens is 499 g/mol. The maximum absolute atomic E-state index is 12.7. The van der Waals surface area contributed by atoms with Crippen LogP contribution in [0.3, 0.4) is 0 Å². The number of aryl methyl sites for hydroxylation is 1. The first-order valence-corrected chi connectivity index (χ1v) is 14.6. The number of nitrogens with one attached hydrogen (secondary N) is 1. The third-order valence-corrected chi connectivity index (χ3v) is 9.41. The molecule has 35 heavy (non-hydrogen) atoms. The second kappa shape index (κ2) is 10.1. The summed E-state index contributed by atoms with van der Waals surface area (Å²) in [7, 11) is 0. The van der Waals surface area contributed by atoms with Gasteiger partial charge in [-0.1, -0.05) is 49.5 Å². The van der Waals surface area contributed by atoms with E-state index in [1.165, 1.54) is 22.2 Å². The number of amides is 1. The van der Waals surface area contributed by atoms with Crippen LogP contribution in [0.4, 0.5) is 5.69 Å². The van der Waals surface area contributed by atoms with Gasteiger partial charge in [0.15, 0.2) is 16.0 Å². The Balaban J connectivity index is 1.49. The van der Waals surface area contributed by atoms with E-state index in [4.69, 9.17) is 9.72 Å². The van der Waals surface area contributed by atoms with Gasteiger partial charge in [-0.05, 0) is 49.9 Å². The van der Waals surface area contributed by atoms with E-state index in [0.717, 1.165) is 57.3 Å². The fourth-order valence-electron chi connectivity index (χ4n) is 4.18. The van der Waals surface area contributed by atoms with Crippen molar-refractivity contribution in [2.75, 3.05) is 16.8 Å². The molecule has 10 heteroatoms. The summed E-state index contributed by atoms with van der Waals surface area (Å²) in [5.41, 5.74) is 3.84. The zero-order valence-electron chi connectivity index (χ0n) is 20.4. The largest absolute Gasteiger partial charge is 0.369 e. The summed E-state index contributed by atoms with van der Waals surface area (Å²) in [6, 6.07) is 7.81. The van der Waals surface area contributed by atoms with Gasteiger partial charge < -0.3 is 10.1 Å². The summed E-state index contributed by atoms with van der Waals surface area (Å²) in [5.74, 6) is 1.12. The third kappa shape index (κ3) is 4.94. The Bertz CT molecular complexity index is 1400. The number of carbonyl (C=O) groups excluding carboxylic acids is 1. The molecule has 0 saturated heterocycles. The standard InChI is InChI=1S/C25H29N5O2S3/c1-5-10-33-23-27-22-20(17-12-25(4,6-2)32-13-18(17)35-22)21-28-29-24(30(21)23)34-14-19(31)26-16-9-7-8-15(3)11-16/h7-9,11H,5-6,10,12-14H2,1-4H3,(H,26,31)/t25-/m0/s1. The lowest BCUT2D eigenvalue weighted by Gasteiger charge is -2.33. The van der Waals surface area contributed by atoms with E-state index in [-0.39, 0.29) is 17.3 Å². The zero-order chi connectivity index (χ0) is 24.6. The van der Waals surface area contributed by atoms with Crippen molar-refractivity contribution in [1.29, 1.82) is 0 Å². The molecule has 1 amide bonds. The van der Waals surface area contributed by atoms with E-state index >= 15 is 0 Å². The van der Waals surface area contributed by atoms with Crippen molar-refractivity contribution in [3.63, 3.8) is 0 Å². The molecule has 0 fully saturated rings. The molecular formula is C25H29N5O2S3. The molecule has 1 aromatic carbocycles. The van der Waals surface area contributed by atoms with Crippen LogP contribution in [-0.2, 0) is 22.6 Å². The molecule has 0 bridgehead atoms. The van der Waals surface area contributed by atoms with Gasteiger partial charge in [-0.15, -0.1) is 21.5 Å². The lowest BCUT2D eigenvalue weighted by Crippen LogP contribution is -2.33. The molecule has 1 aliphatic heterocycles. The summed E-state index contributed by atoms with van der Waals surface area (Å²) >= 11 is 4.80. The molecule has 0 saturated carbocycles. The predicted molar refractivity (Wildman–Crippen MR) is 145 cm³/mol. The normalized spacial score (nSPS) is 17.7. The van der Waals surface area contributed by atoms with Crippen molar-refractivity contribution in [3.05, 3.63) is 40.3 Å². The quantitative estimate of drug-likeness (QED) is 0.218. The lowest BCUT2D eigenvalue weighted by molar-refractivity contribution is -0.113. The highest BCUT2D eigenvalue weighted by Crippen LogP contribution is 2.42. The van der Waals surface area contributed by atoms with Gasteiger partial charge in [0.25, 0.3) is 0 Å². The van der Waals surface area contributed by atoms with Crippen LogP contribution in [0.2, 0.25) is 0 Å². The van der Waals surface area contributed by atoms with Crippen LogP contribution < -0.4 is 5.32 Å². The predicted octanol–water partition coefficient (Wildman–Crippen LogP) is 6.12. The number of ether oxygens (including phenoxy) is 1. The molecule has 5 rings (SSSR count). The Morgan fingerprint density at radius 2 is 2.11 bits per heavy atom. The molecule has 184 valence electrons. The maximum atomic E-state index is 12.7. The van der Waals surface area contributed by atoms with E-state index < -0.39 is 0 Å². The van der Waals surface area contributed by atoms with Gasteiger partial charge in [-0.25, -0.2) is 9.38 Å². The van der Waals surface area contributed by atoms with Gasteiger partial charge in [-0.3, -0.25) is 4.79 Å². The highest BCUT2D eigenvalue weighted by Gasteiger charge is 2.33. The molecule has 1 aliphatic rings. The van der Waals surface area contributed by atoms with Gasteiger partial charge in [0.1, 0.15) is 4.83 Å². The van der Waals surface area contributed by atoms with Crippen LogP contribution in [0.5, 0.6) is 0 Å². The van der Waals surface area contributed by atoms with E-state index in [1.54, 1.807) is 23.1 Å². The molecule has 4 aromatic rings. The fourth-order valence-corrected chi connectivity index (χ4v) is 6.97. The van der Waals surface area contributed by atoms with Gasteiger partial charge in [0.2, 0.25) is 5.91 Å². The number of anilines is 1. The Hall–Kier alpha value is -2.14. The van der Waals surface area contributed by atoms with Crippen molar-refractivity contribution in [1.82, 2.24) is 19.6 Å². The lowest BCUT2D eigenvalue weighted by atomic mass is 9.90. The number of nitrogens with zero attached hydrogens (tertiary/aromatic N) is 4. The molecule has 0 spiro atoms. The van der Waals surface area contributed by atoms with Crippen LogP contribution in [0.15, 0.2) is 34.6 Å². The molecule has 4 heterocycles. The number of aromatic nitrogens is 4. The Labute approximate surface area is 217 Å². The van der Waals surface area contributed by atoms with E-state index in [2.05, 4.69) is 36.3 Å². The number of thioether (sulfide) groups is 2. The molecule has 0 radical (unpaired) electrons. The van der Waals surface area contributed by atoms with Crippen LogP contribution in [0.1, 0.15) is 49.6 Å². The van der Waals surface area contributed by atoms with Gasteiger partial charge in [0.05, 0.1) is 23.3 Å². The van der Waals surface area contributed by atoms with Gasteiger partial charge in [-0.2, -0.15) is 0 Å². The first kappa shape index (κ1) is 24.5. The Morgan fingerprint density at radius 3 is 2.89 bits per heavy atom. The van der Waals surface area contributed by atoms with E-state index in [1.807, 2.05) is 35.6 Å². The van der Waals surface area contributed by atoms with Crippen LogP contribution in [0, 0.1) is 6.92 Å². The molecule has 1 N–H and O–H groups in total. The van der Waals surface area contributed by atoms with Gasteiger partial charge >= 0.3 is 0 Å². The minimum Gasteiger partial charge on any atom is -0.369 e. The summed E-state index contributed by atoms with van der Waals surface area (Å²) in [4.78, 5) is 19.9. The summed E-state index contributed by atoms with van der Waals surface area (Å²) in [6.07, 6.45) is 2.83. The van der Waals surface area contributed by atoms with Crippen LogP contribution >= 0.6 is 34.9 Å². The number of hydrogen-bond acceptors (Lipinski definition) is 8. The Kier molecular flexibility index (Phi) is 7.07. The monoisotopic (exact) mass is 527 g/mol. The number of hydrogen-bond donors (Lipinski definition) is 1. The number of thiophene rings is 1. The Morgan fingerprint density at radius 1 is 1.26 bits per heavy atom. The van der Waals surface area contributed by atoms with Crippen molar-refractivity contribution in [3.8, 4) is 0 Å². The van der Waals surface area contributed by atoms with Crippen LogP contribution in [-0.4, -0.2) is 42.6 Å². The molecule has 3 aromatic heterocycles. The number of fused-ring (bicyclic) bond motifs is 5. The van der Waals surface area contributed by atoms with E-state index in [9.17, 15) is 4.79 Å². The first-order valence-electron chi connectivity index (χ1n) is 11.9. The van der Waals surface area contributed by atoms with Crippen molar-refractivity contribution < 1.29 is 9.53 Å². The number of carbonyl (C=O) groups is 1. The average Bonchev–Trinajstić information content (AvgIpc) is 3.42. The maximum Gasteiger partial charge on any atom is 0.234 e. The zero-order valence-corrected chi connectivity index (χ0v) is 22.8. The molecule has 0 unspecified atom stereocenters. The third-order valence-electron chi connectivity index (χ3n) is 6.24. The van der Waals surface area contributed by atoms with Crippen molar-refractivity contribution in [2.45, 2.75) is 69.5 Å². The van der Waals surface area contributed by atoms with E-state index in [0.29, 0.717) is 11.8 Å². The van der Waals surface area contributed by atoms with Gasteiger partial charge in [0, 0.05) is 22.7 Å². The smallest absolute Gasteiger partial charge is 0.234 e. The highest BCUT2D eigenvalue weighted by molar-refractivity contribution is 8.00. The SMILES string of the molecule is CCCSc1nc2sc3c(c2c2nnc(SCC(=O)Nc4cccc(C)c4)n12)C[C@](C)(CC)OC3. The summed E-state index contributed by atoms with van der Waals surface area (Å²) in [5, 5.41) is 14.7. The minimum atomic E-state index is -0.181. The molecule has 1 atom stereocenters. The average molecular weight is 528 g/mol. The number of rotatable bonds is 8. The second-order valence-corrected chi connectivity index (χ2v) is 12.1. The highest BCUT2D eigenvalue weighted by atomic mass is 32.2.